The number of hydrogen-bond acceptors (Lipinski definition) is 6. The van der Waals surface area contributed by atoms with Gasteiger partial charge in [0.2, 0.25) is 10.0 Å². The number of hydrogen-bond donors (Lipinski definition) is 1. The third kappa shape index (κ3) is 4.06. The molecule has 1 atom stereocenters. The molecule has 1 aliphatic heterocycles. The Morgan fingerprint density at radius 2 is 2.00 bits per heavy atom. The van der Waals surface area contributed by atoms with Crippen LogP contribution in [0.15, 0.2) is 17.0 Å². The van der Waals surface area contributed by atoms with Gasteiger partial charge in [-0.15, -0.1) is 0 Å². The summed E-state index contributed by atoms with van der Waals surface area (Å²) in [6, 6.07) is 2.34. The fourth-order valence-electron chi connectivity index (χ4n) is 2.53. The molecule has 0 bridgehead atoms. The second-order valence-electron chi connectivity index (χ2n) is 5.76. The number of benzene rings is 1. The first-order valence-electron chi connectivity index (χ1n) is 6.97. The van der Waals surface area contributed by atoms with E-state index < -0.39 is 24.8 Å². The lowest BCUT2D eigenvalue weighted by Gasteiger charge is -2.13. The number of aryl methyl sites for hydroxylation is 1. The number of nitro benzene ring substituents is 1. The van der Waals surface area contributed by atoms with E-state index in [9.17, 15) is 26.9 Å². The molecule has 0 spiro atoms. The summed E-state index contributed by atoms with van der Waals surface area (Å²) in [5, 5.41) is 10.9. The molecule has 10 heteroatoms. The highest BCUT2D eigenvalue weighted by Crippen LogP contribution is 2.26. The molecule has 0 radical (unpaired) electrons. The van der Waals surface area contributed by atoms with Gasteiger partial charge in [0.05, 0.1) is 21.3 Å². The van der Waals surface area contributed by atoms with Gasteiger partial charge >= 0.3 is 0 Å². The van der Waals surface area contributed by atoms with E-state index in [0.29, 0.717) is 17.5 Å². The van der Waals surface area contributed by atoms with Gasteiger partial charge in [-0.25, -0.2) is 21.6 Å². The maximum absolute atomic E-state index is 12.4. The molecule has 1 heterocycles. The van der Waals surface area contributed by atoms with Gasteiger partial charge in [-0.3, -0.25) is 10.1 Å². The van der Waals surface area contributed by atoms with E-state index in [1.54, 1.807) is 13.8 Å². The van der Waals surface area contributed by atoms with Crippen molar-refractivity contribution in [2.75, 3.05) is 18.1 Å². The number of nitro groups is 1. The topological polar surface area (TPSA) is 123 Å². The van der Waals surface area contributed by atoms with Crippen LogP contribution < -0.4 is 4.72 Å². The summed E-state index contributed by atoms with van der Waals surface area (Å²) in [6.45, 7) is 3.18. The van der Waals surface area contributed by atoms with Gasteiger partial charge in [0.25, 0.3) is 5.69 Å². The van der Waals surface area contributed by atoms with Crippen molar-refractivity contribution in [1.29, 1.82) is 0 Å². The van der Waals surface area contributed by atoms with Crippen LogP contribution in [0.5, 0.6) is 0 Å². The smallest absolute Gasteiger partial charge is 0.258 e. The van der Waals surface area contributed by atoms with Gasteiger partial charge in [-0.2, -0.15) is 0 Å². The molecule has 1 N–H and O–H groups in total. The fraction of sp³-hybridized carbons (Fsp3) is 0.538. The number of nitrogens with one attached hydrogen (secondary N) is 1. The highest BCUT2D eigenvalue weighted by atomic mass is 32.2. The second-order valence-corrected chi connectivity index (χ2v) is 9.73. The minimum Gasteiger partial charge on any atom is -0.258 e. The van der Waals surface area contributed by atoms with Gasteiger partial charge in [0, 0.05) is 18.7 Å². The molecule has 0 unspecified atom stereocenters. The molecular formula is C13H18N2O6S2. The predicted molar refractivity (Wildman–Crippen MR) is 84.5 cm³/mol. The first-order chi connectivity index (χ1) is 10.5. The normalized spacial score (nSPS) is 20.5. The average Bonchev–Trinajstić information content (AvgIpc) is 2.78. The number of nitrogens with zero attached hydrogens (tertiary/aromatic N) is 1. The Hall–Kier alpha value is -1.52. The Labute approximate surface area is 135 Å². The SMILES string of the molecule is Cc1cc([N+](=O)[O-])cc(S(=O)(=O)NC[C@@H]2CCS(=O)(=O)C2)c1C. The molecule has 2 rings (SSSR count). The van der Waals surface area contributed by atoms with Gasteiger partial charge in [-0.1, -0.05) is 0 Å². The zero-order valence-electron chi connectivity index (χ0n) is 12.8. The molecule has 0 aliphatic carbocycles. The number of non-ortho nitro benzene ring substituents is 1. The molecular weight excluding hydrogens is 344 g/mol. The number of sulfonamides is 1. The van der Waals surface area contributed by atoms with Crippen molar-refractivity contribution < 1.29 is 21.8 Å². The molecule has 1 fully saturated rings. The lowest BCUT2D eigenvalue weighted by Crippen LogP contribution is -2.30. The third-order valence-corrected chi connectivity index (χ3v) is 7.38. The molecule has 8 nitrogen and oxygen atoms in total. The van der Waals surface area contributed by atoms with E-state index in [4.69, 9.17) is 0 Å². The van der Waals surface area contributed by atoms with Crippen LogP contribution in [0.4, 0.5) is 5.69 Å². The van der Waals surface area contributed by atoms with Crippen molar-refractivity contribution in [2.24, 2.45) is 5.92 Å². The molecule has 1 aromatic carbocycles. The summed E-state index contributed by atoms with van der Waals surface area (Å²) in [5.41, 5.74) is 0.641. The maximum Gasteiger partial charge on any atom is 0.271 e. The first-order valence-corrected chi connectivity index (χ1v) is 10.3. The lowest BCUT2D eigenvalue weighted by atomic mass is 10.1. The van der Waals surface area contributed by atoms with Crippen molar-refractivity contribution in [2.45, 2.75) is 25.2 Å². The summed E-state index contributed by atoms with van der Waals surface area (Å²) in [4.78, 5) is 10.1. The predicted octanol–water partition coefficient (Wildman–Crippen LogP) is 0.925. The molecule has 0 aromatic heterocycles. The van der Waals surface area contributed by atoms with Crippen LogP contribution in [0.1, 0.15) is 17.5 Å². The number of sulfone groups is 1. The molecule has 1 aliphatic rings. The van der Waals surface area contributed by atoms with Gasteiger partial charge < -0.3 is 0 Å². The Morgan fingerprint density at radius 1 is 1.35 bits per heavy atom. The molecule has 0 saturated carbocycles. The molecule has 23 heavy (non-hydrogen) atoms. The van der Waals surface area contributed by atoms with Crippen LogP contribution in [0.3, 0.4) is 0 Å². The highest BCUT2D eigenvalue weighted by Gasteiger charge is 2.30. The van der Waals surface area contributed by atoms with E-state index in [-0.39, 0.29) is 34.6 Å². The minimum atomic E-state index is -3.94. The average molecular weight is 362 g/mol. The Bertz CT molecular complexity index is 845. The zero-order chi connectivity index (χ0) is 17.4. The van der Waals surface area contributed by atoms with Crippen LogP contribution in [0, 0.1) is 29.9 Å². The summed E-state index contributed by atoms with van der Waals surface area (Å²) in [5.74, 6) is -0.244. The first kappa shape index (κ1) is 17.8. The van der Waals surface area contributed by atoms with Gasteiger partial charge in [-0.05, 0) is 37.3 Å². The monoisotopic (exact) mass is 362 g/mol. The van der Waals surface area contributed by atoms with Crippen molar-refractivity contribution in [3.8, 4) is 0 Å². The van der Waals surface area contributed by atoms with E-state index in [2.05, 4.69) is 4.72 Å². The third-order valence-electron chi connectivity index (χ3n) is 3.99. The Kier molecular flexibility index (Phi) is 4.79. The van der Waals surface area contributed by atoms with E-state index >= 15 is 0 Å². The van der Waals surface area contributed by atoms with E-state index in [1.165, 1.54) is 6.07 Å². The van der Waals surface area contributed by atoms with Crippen molar-refractivity contribution >= 4 is 25.5 Å². The molecule has 0 amide bonds. The Morgan fingerprint density at radius 3 is 2.52 bits per heavy atom. The van der Waals surface area contributed by atoms with Crippen LogP contribution in [-0.4, -0.2) is 39.8 Å². The van der Waals surface area contributed by atoms with Gasteiger partial charge in [0.15, 0.2) is 9.84 Å². The lowest BCUT2D eigenvalue weighted by molar-refractivity contribution is -0.385. The number of rotatable bonds is 5. The fourth-order valence-corrected chi connectivity index (χ4v) is 5.84. The van der Waals surface area contributed by atoms with Crippen LogP contribution >= 0.6 is 0 Å². The Balaban J connectivity index is 2.24. The summed E-state index contributed by atoms with van der Waals surface area (Å²) >= 11 is 0. The van der Waals surface area contributed by atoms with Crippen LogP contribution in [-0.2, 0) is 19.9 Å². The second kappa shape index (κ2) is 6.17. The van der Waals surface area contributed by atoms with Crippen molar-refractivity contribution in [1.82, 2.24) is 4.72 Å². The minimum absolute atomic E-state index is 0.00272. The maximum atomic E-state index is 12.4. The zero-order valence-corrected chi connectivity index (χ0v) is 14.4. The quantitative estimate of drug-likeness (QED) is 0.614. The molecule has 1 aromatic rings. The molecule has 1 saturated heterocycles. The summed E-state index contributed by atoms with van der Waals surface area (Å²) < 4.78 is 50.0. The van der Waals surface area contributed by atoms with Gasteiger partial charge in [0.1, 0.15) is 0 Å². The largest absolute Gasteiger partial charge is 0.271 e. The standard InChI is InChI=1S/C13H18N2O6S2/c1-9-5-12(15(16)17)6-13(10(9)2)23(20,21)14-7-11-3-4-22(18,19)8-11/h5-6,11,14H,3-4,7-8H2,1-2H3/t11-/m0/s1. The molecule has 128 valence electrons. The van der Waals surface area contributed by atoms with E-state index in [1.807, 2.05) is 0 Å². The highest BCUT2D eigenvalue weighted by molar-refractivity contribution is 7.91. The van der Waals surface area contributed by atoms with E-state index in [0.717, 1.165) is 6.07 Å². The summed E-state index contributed by atoms with van der Waals surface area (Å²) in [7, 11) is -7.03. The van der Waals surface area contributed by atoms with Crippen molar-refractivity contribution in [3.05, 3.63) is 33.4 Å². The summed E-state index contributed by atoms with van der Waals surface area (Å²) in [6.07, 6.45) is 0.414. The van der Waals surface area contributed by atoms with Crippen LogP contribution in [0.2, 0.25) is 0 Å². The van der Waals surface area contributed by atoms with Crippen LogP contribution in [0.25, 0.3) is 0 Å². The van der Waals surface area contributed by atoms with Crippen molar-refractivity contribution in [3.63, 3.8) is 0 Å².